The predicted octanol–water partition coefficient (Wildman–Crippen LogP) is 6.25. The van der Waals surface area contributed by atoms with Gasteiger partial charge in [0.2, 0.25) is 11.6 Å². The second kappa shape index (κ2) is 6.96. The van der Waals surface area contributed by atoms with Gasteiger partial charge in [-0.1, -0.05) is 12.1 Å². The maximum absolute atomic E-state index is 15.2. The lowest BCUT2D eigenvalue weighted by Gasteiger charge is -2.51. The van der Waals surface area contributed by atoms with Crippen LogP contribution in [0.5, 0.6) is 11.5 Å². The Kier molecular flexibility index (Phi) is 4.78. The molecule has 0 aliphatic heterocycles. The van der Waals surface area contributed by atoms with Gasteiger partial charge < -0.3 is 10.2 Å². The number of hydrogen-bond acceptors (Lipinski definition) is 2. The molecule has 8 heteroatoms. The van der Waals surface area contributed by atoms with Crippen LogP contribution in [0.25, 0.3) is 0 Å². The molecule has 3 aliphatic rings. The summed E-state index contributed by atoms with van der Waals surface area (Å²) in [7, 11) is 0. The quantitative estimate of drug-likeness (QED) is 0.565. The first kappa shape index (κ1) is 20.6. The van der Waals surface area contributed by atoms with Crippen LogP contribution >= 0.6 is 0 Å². The van der Waals surface area contributed by atoms with Gasteiger partial charge in [0.25, 0.3) is 0 Å². The minimum Gasteiger partial charge on any atom is -0.505 e. The molecule has 2 aromatic carbocycles. The van der Waals surface area contributed by atoms with E-state index in [2.05, 4.69) is 0 Å². The molecule has 30 heavy (non-hydrogen) atoms. The van der Waals surface area contributed by atoms with Crippen molar-refractivity contribution < 1.29 is 36.6 Å². The Bertz CT molecular complexity index is 1050. The lowest BCUT2D eigenvalue weighted by atomic mass is 9.53. The number of rotatable bonds is 4. The van der Waals surface area contributed by atoms with Crippen molar-refractivity contribution in [3.8, 4) is 11.5 Å². The van der Waals surface area contributed by atoms with Gasteiger partial charge in [0.05, 0.1) is 5.41 Å². The number of allylic oxidation sites excluding steroid dienone is 2. The van der Waals surface area contributed by atoms with Gasteiger partial charge in [-0.05, 0) is 56.2 Å². The van der Waals surface area contributed by atoms with E-state index in [1.165, 1.54) is 6.07 Å². The summed E-state index contributed by atoms with van der Waals surface area (Å²) in [5, 5.41) is 18.5. The summed E-state index contributed by atoms with van der Waals surface area (Å²) < 4.78 is 86.2. The van der Waals surface area contributed by atoms with E-state index >= 15 is 8.78 Å². The predicted molar refractivity (Wildman–Crippen MR) is 96.2 cm³/mol. The molecule has 2 N–H and O–H groups in total. The summed E-state index contributed by atoms with van der Waals surface area (Å²) in [6.07, 6.45) is 0.182. The average molecular weight is 428 g/mol. The number of aryl methyl sites for hydroxylation is 1. The third-order valence-corrected chi connectivity index (χ3v) is 6.73. The summed E-state index contributed by atoms with van der Waals surface area (Å²) in [5.74, 6) is -9.57. The number of hydrogen-bond donors (Lipinski definition) is 2. The zero-order valence-electron chi connectivity index (χ0n) is 15.7. The highest BCUT2D eigenvalue weighted by Crippen LogP contribution is 2.63. The molecule has 0 saturated heterocycles. The van der Waals surface area contributed by atoms with Crippen molar-refractivity contribution in [2.45, 2.75) is 43.9 Å². The Morgan fingerprint density at radius 3 is 1.87 bits per heavy atom. The Balaban J connectivity index is 1.67. The van der Waals surface area contributed by atoms with Gasteiger partial charge in [-0.15, -0.1) is 0 Å². The normalized spacial score (nSPS) is 25.8. The minimum absolute atomic E-state index is 0.00408. The highest BCUT2D eigenvalue weighted by atomic mass is 19.2. The second-order valence-electron chi connectivity index (χ2n) is 8.12. The molecule has 1 saturated carbocycles. The fraction of sp³-hybridized carbons (Fsp3) is 0.364. The molecule has 1 fully saturated rings. The highest BCUT2D eigenvalue weighted by molar-refractivity contribution is 5.44. The lowest BCUT2D eigenvalue weighted by Crippen LogP contribution is -2.45. The molecule has 0 heterocycles. The zero-order valence-corrected chi connectivity index (χ0v) is 15.7. The molecule has 160 valence electrons. The van der Waals surface area contributed by atoms with Gasteiger partial charge in [0.15, 0.2) is 23.1 Å². The first-order valence-electron chi connectivity index (χ1n) is 9.52. The summed E-state index contributed by atoms with van der Waals surface area (Å²) in [6, 6.07) is 4.15. The molecule has 2 aromatic rings. The van der Waals surface area contributed by atoms with Gasteiger partial charge >= 0.3 is 0 Å². The van der Waals surface area contributed by atoms with E-state index in [9.17, 15) is 27.8 Å². The first-order chi connectivity index (χ1) is 14.1. The topological polar surface area (TPSA) is 40.5 Å². The van der Waals surface area contributed by atoms with Crippen molar-refractivity contribution in [3.05, 3.63) is 70.3 Å². The van der Waals surface area contributed by atoms with E-state index in [1.807, 2.05) is 0 Å². The van der Waals surface area contributed by atoms with Crippen LogP contribution in [-0.4, -0.2) is 10.2 Å². The molecule has 0 unspecified atom stereocenters. The maximum atomic E-state index is 15.2. The van der Waals surface area contributed by atoms with E-state index in [4.69, 9.17) is 0 Å². The Morgan fingerprint density at radius 1 is 0.667 bits per heavy atom. The van der Waals surface area contributed by atoms with E-state index in [1.54, 1.807) is 0 Å². The van der Waals surface area contributed by atoms with E-state index < -0.39 is 57.3 Å². The number of fused-ring (bicyclic) bond motifs is 2. The standard InChI is InChI=1S/C22H18F6O2/c23-15-11(1-3-13(29)17(15)25)5-6-21-7-9-22(10-8-21,20(28)19(21)27)12-2-4-14(30)18(26)16(12)24/h1-4,29-30H,5-10H2. The molecule has 0 atom stereocenters. The van der Waals surface area contributed by atoms with Crippen LogP contribution < -0.4 is 0 Å². The highest BCUT2D eigenvalue weighted by Gasteiger charge is 2.57. The molecule has 3 aliphatic carbocycles. The van der Waals surface area contributed by atoms with Crippen LogP contribution in [0.1, 0.15) is 43.2 Å². The summed E-state index contributed by atoms with van der Waals surface area (Å²) in [6.45, 7) is 0. The molecule has 0 spiro atoms. The number of halogens is 6. The van der Waals surface area contributed by atoms with E-state index in [0.29, 0.717) is 0 Å². The van der Waals surface area contributed by atoms with Crippen molar-refractivity contribution >= 4 is 0 Å². The Labute approximate surface area is 168 Å². The van der Waals surface area contributed by atoms with Crippen molar-refractivity contribution in [2.75, 3.05) is 0 Å². The SMILES string of the molecule is Oc1ccc(CCC23CCC(c4ccc(O)c(F)c4F)(CC2)C(F)=C3F)c(F)c1F. The zero-order chi connectivity index (χ0) is 21.8. The fourth-order valence-electron chi connectivity index (χ4n) is 4.84. The summed E-state index contributed by atoms with van der Waals surface area (Å²) in [5.41, 5.74) is -3.30. The molecule has 0 amide bonds. The number of phenolic OH excluding ortho intramolecular Hbond substituents is 2. The van der Waals surface area contributed by atoms with Gasteiger partial charge in [0, 0.05) is 11.0 Å². The van der Waals surface area contributed by atoms with Crippen LogP contribution in [0.15, 0.2) is 35.9 Å². The third-order valence-electron chi connectivity index (χ3n) is 6.73. The molecule has 0 aromatic heterocycles. The number of benzene rings is 2. The van der Waals surface area contributed by atoms with E-state index in [-0.39, 0.29) is 49.7 Å². The van der Waals surface area contributed by atoms with Crippen LogP contribution in [0, 0.1) is 28.7 Å². The van der Waals surface area contributed by atoms with Crippen LogP contribution in [-0.2, 0) is 11.8 Å². The Morgan fingerprint density at radius 2 is 1.23 bits per heavy atom. The molecule has 2 nitrogen and oxygen atoms in total. The second-order valence-corrected chi connectivity index (χ2v) is 8.12. The molecule has 2 bridgehead atoms. The van der Waals surface area contributed by atoms with Gasteiger partial charge in [-0.25, -0.2) is 17.6 Å². The van der Waals surface area contributed by atoms with Crippen molar-refractivity contribution in [1.29, 1.82) is 0 Å². The Hall–Kier alpha value is -2.64. The largest absolute Gasteiger partial charge is 0.505 e. The molecule has 0 radical (unpaired) electrons. The summed E-state index contributed by atoms with van der Waals surface area (Å²) >= 11 is 0. The van der Waals surface area contributed by atoms with Gasteiger partial charge in [0.1, 0.15) is 11.7 Å². The maximum Gasteiger partial charge on any atom is 0.200 e. The number of aromatic hydroxyl groups is 2. The minimum atomic E-state index is -1.65. The van der Waals surface area contributed by atoms with E-state index in [0.717, 1.165) is 18.2 Å². The van der Waals surface area contributed by atoms with Crippen LogP contribution in [0.3, 0.4) is 0 Å². The van der Waals surface area contributed by atoms with Crippen molar-refractivity contribution in [3.63, 3.8) is 0 Å². The monoisotopic (exact) mass is 428 g/mol. The molecule has 5 rings (SSSR count). The third kappa shape index (κ3) is 2.80. The lowest BCUT2D eigenvalue weighted by molar-refractivity contribution is 0.0790. The van der Waals surface area contributed by atoms with Crippen LogP contribution in [0.4, 0.5) is 26.3 Å². The first-order valence-corrected chi connectivity index (χ1v) is 9.52. The van der Waals surface area contributed by atoms with Crippen molar-refractivity contribution in [2.24, 2.45) is 5.41 Å². The molecular weight excluding hydrogens is 410 g/mol. The van der Waals surface area contributed by atoms with Crippen LogP contribution in [0.2, 0.25) is 0 Å². The smallest absolute Gasteiger partial charge is 0.200 e. The average Bonchev–Trinajstić information content (AvgIpc) is 2.74. The van der Waals surface area contributed by atoms with Crippen molar-refractivity contribution in [1.82, 2.24) is 0 Å². The van der Waals surface area contributed by atoms with Gasteiger partial charge in [-0.3, -0.25) is 0 Å². The fourth-order valence-corrected chi connectivity index (χ4v) is 4.84. The van der Waals surface area contributed by atoms with Gasteiger partial charge in [-0.2, -0.15) is 8.78 Å². The summed E-state index contributed by atoms with van der Waals surface area (Å²) in [4.78, 5) is 0. The number of phenols is 2. The molecular formula is C22H18F6O2.